The lowest BCUT2D eigenvalue weighted by Crippen LogP contribution is -2.46. The summed E-state index contributed by atoms with van der Waals surface area (Å²) in [5, 5.41) is 3.30. The van der Waals surface area contributed by atoms with Gasteiger partial charge in [0.1, 0.15) is 5.82 Å². The summed E-state index contributed by atoms with van der Waals surface area (Å²) < 4.78 is 18.9. The van der Waals surface area contributed by atoms with Gasteiger partial charge in [0.2, 0.25) is 0 Å². The van der Waals surface area contributed by atoms with E-state index in [1.165, 1.54) is 12.1 Å². The number of hydrogen-bond donors (Lipinski definition) is 1. The molecule has 0 saturated carbocycles. The standard InChI is InChI=1S/C12H16FNO/c1-12(2)8-14-7-11(15-12)9-4-3-5-10(13)6-9/h3-6,11,14H,7-8H2,1-2H3. The van der Waals surface area contributed by atoms with Crippen LogP contribution in [0, 0.1) is 5.82 Å². The van der Waals surface area contributed by atoms with Crippen LogP contribution in [-0.2, 0) is 4.74 Å². The second kappa shape index (κ2) is 3.91. The van der Waals surface area contributed by atoms with Crippen LogP contribution in [0.15, 0.2) is 24.3 Å². The lowest BCUT2D eigenvalue weighted by molar-refractivity contribution is -0.0959. The maximum absolute atomic E-state index is 13.0. The molecule has 1 aromatic rings. The van der Waals surface area contributed by atoms with Gasteiger partial charge in [0.15, 0.2) is 0 Å². The summed E-state index contributed by atoms with van der Waals surface area (Å²) in [7, 11) is 0. The van der Waals surface area contributed by atoms with E-state index in [4.69, 9.17) is 4.74 Å². The van der Waals surface area contributed by atoms with Gasteiger partial charge < -0.3 is 10.1 Å². The predicted octanol–water partition coefficient (Wildman–Crippen LogP) is 2.27. The van der Waals surface area contributed by atoms with E-state index >= 15 is 0 Å². The molecule has 0 aromatic heterocycles. The first-order chi connectivity index (χ1) is 7.07. The Morgan fingerprint density at radius 3 is 2.93 bits per heavy atom. The topological polar surface area (TPSA) is 21.3 Å². The molecule has 1 unspecified atom stereocenters. The van der Waals surface area contributed by atoms with Crippen LogP contribution >= 0.6 is 0 Å². The van der Waals surface area contributed by atoms with Crippen LogP contribution in [0.5, 0.6) is 0 Å². The van der Waals surface area contributed by atoms with Crippen LogP contribution in [-0.4, -0.2) is 18.7 Å². The average Bonchev–Trinajstić information content (AvgIpc) is 2.16. The molecule has 0 bridgehead atoms. The van der Waals surface area contributed by atoms with Crippen molar-refractivity contribution in [2.24, 2.45) is 0 Å². The molecular weight excluding hydrogens is 193 g/mol. The fourth-order valence-electron chi connectivity index (χ4n) is 1.87. The Balaban J connectivity index is 2.17. The lowest BCUT2D eigenvalue weighted by atomic mass is 10.0. The molecule has 15 heavy (non-hydrogen) atoms. The van der Waals surface area contributed by atoms with Crippen molar-refractivity contribution >= 4 is 0 Å². The molecule has 1 fully saturated rings. The molecule has 0 amide bonds. The highest BCUT2D eigenvalue weighted by Crippen LogP contribution is 2.26. The maximum Gasteiger partial charge on any atom is 0.123 e. The first-order valence-electron chi connectivity index (χ1n) is 5.21. The van der Waals surface area contributed by atoms with Crippen molar-refractivity contribution in [3.8, 4) is 0 Å². The van der Waals surface area contributed by atoms with Gasteiger partial charge in [-0.2, -0.15) is 0 Å². The first-order valence-corrected chi connectivity index (χ1v) is 5.21. The van der Waals surface area contributed by atoms with E-state index in [2.05, 4.69) is 5.32 Å². The Morgan fingerprint density at radius 1 is 1.47 bits per heavy atom. The summed E-state index contributed by atoms with van der Waals surface area (Å²) in [5.41, 5.74) is 0.713. The van der Waals surface area contributed by atoms with Crippen LogP contribution in [0.4, 0.5) is 4.39 Å². The Labute approximate surface area is 89.4 Å². The van der Waals surface area contributed by atoms with Crippen LogP contribution in [0.25, 0.3) is 0 Å². The number of rotatable bonds is 1. The normalized spacial score (nSPS) is 25.1. The zero-order chi connectivity index (χ0) is 10.9. The van der Waals surface area contributed by atoms with E-state index in [0.717, 1.165) is 18.7 Å². The number of halogens is 1. The summed E-state index contributed by atoms with van der Waals surface area (Å²) in [6.07, 6.45) is -0.0514. The zero-order valence-electron chi connectivity index (χ0n) is 9.09. The molecule has 82 valence electrons. The Bertz CT molecular complexity index is 351. The van der Waals surface area contributed by atoms with Gasteiger partial charge in [0.25, 0.3) is 0 Å². The summed E-state index contributed by atoms with van der Waals surface area (Å²) >= 11 is 0. The fraction of sp³-hybridized carbons (Fsp3) is 0.500. The first kappa shape index (κ1) is 10.6. The van der Waals surface area contributed by atoms with Crippen LogP contribution in [0.3, 0.4) is 0 Å². The van der Waals surface area contributed by atoms with E-state index in [-0.39, 0.29) is 17.5 Å². The van der Waals surface area contributed by atoms with Crippen molar-refractivity contribution in [2.75, 3.05) is 13.1 Å². The second-order valence-corrected chi connectivity index (χ2v) is 4.55. The van der Waals surface area contributed by atoms with Crippen molar-refractivity contribution < 1.29 is 9.13 Å². The minimum atomic E-state index is -0.209. The fourth-order valence-corrected chi connectivity index (χ4v) is 1.87. The van der Waals surface area contributed by atoms with Gasteiger partial charge in [-0.1, -0.05) is 12.1 Å². The minimum Gasteiger partial charge on any atom is -0.365 e. The third-order valence-electron chi connectivity index (χ3n) is 2.56. The van der Waals surface area contributed by atoms with E-state index in [1.54, 1.807) is 6.07 Å². The minimum absolute atomic E-state index is 0.0514. The van der Waals surface area contributed by atoms with Gasteiger partial charge in [0.05, 0.1) is 11.7 Å². The van der Waals surface area contributed by atoms with Gasteiger partial charge in [-0.05, 0) is 31.5 Å². The maximum atomic E-state index is 13.0. The van der Waals surface area contributed by atoms with E-state index in [1.807, 2.05) is 19.9 Å². The Hall–Kier alpha value is -0.930. The van der Waals surface area contributed by atoms with Crippen molar-refractivity contribution in [3.05, 3.63) is 35.6 Å². The highest BCUT2D eigenvalue weighted by atomic mass is 19.1. The Kier molecular flexibility index (Phi) is 2.76. The van der Waals surface area contributed by atoms with E-state index < -0.39 is 0 Å². The third kappa shape index (κ3) is 2.55. The molecule has 2 rings (SSSR count). The van der Waals surface area contributed by atoms with Gasteiger partial charge in [0, 0.05) is 13.1 Å². The molecule has 1 aliphatic rings. The molecule has 1 aromatic carbocycles. The van der Waals surface area contributed by atoms with Crippen LogP contribution in [0.2, 0.25) is 0 Å². The monoisotopic (exact) mass is 209 g/mol. The van der Waals surface area contributed by atoms with Gasteiger partial charge in [-0.3, -0.25) is 0 Å². The molecule has 0 aliphatic carbocycles. The smallest absolute Gasteiger partial charge is 0.123 e. The van der Waals surface area contributed by atoms with Crippen molar-refractivity contribution in [2.45, 2.75) is 25.6 Å². The van der Waals surface area contributed by atoms with Gasteiger partial charge >= 0.3 is 0 Å². The summed E-state index contributed by atoms with van der Waals surface area (Å²) in [6.45, 7) is 5.64. The summed E-state index contributed by atoms with van der Waals surface area (Å²) in [5.74, 6) is -0.209. The van der Waals surface area contributed by atoms with E-state index in [9.17, 15) is 4.39 Å². The van der Waals surface area contributed by atoms with Crippen molar-refractivity contribution in [1.29, 1.82) is 0 Å². The highest BCUT2D eigenvalue weighted by Gasteiger charge is 2.29. The number of nitrogens with one attached hydrogen (secondary N) is 1. The highest BCUT2D eigenvalue weighted by molar-refractivity contribution is 5.20. The number of morpholine rings is 1. The number of benzene rings is 1. The predicted molar refractivity (Wildman–Crippen MR) is 57.2 cm³/mol. The SMILES string of the molecule is CC1(C)CNCC(c2cccc(F)c2)O1. The number of ether oxygens (including phenoxy) is 1. The van der Waals surface area contributed by atoms with Gasteiger partial charge in [-0.15, -0.1) is 0 Å². The quantitative estimate of drug-likeness (QED) is 0.766. The van der Waals surface area contributed by atoms with E-state index in [0.29, 0.717) is 0 Å². The molecule has 1 atom stereocenters. The molecule has 0 spiro atoms. The molecule has 1 heterocycles. The summed E-state index contributed by atoms with van der Waals surface area (Å²) in [6, 6.07) is 6.60. The summed E-state index contributed by atoms with van der Waals surface area (Å²) in [4.78, 5) is 0. The van der Waals surface area contributed by atoms with Crippen molar-refractivity contribution in [1.82, 2.24) is 5.32 Å². The largest absolute Gasteiger partial charge is 0.365 e. The molecule has 1 N–H and O–H groups in total. The lowest BCUT2D eigenvalue weighted by Gasteiger charge is -2.36. The average molecular weight is 209 g/mol. The molecule has 2 nitrogen and oxygen atoms in total. The molecule has 1 aliphatic heterocycles. The van der Waals surface area contributed by atoms with Gasteiger partial charge in [-0.25, -0.2) is 4.39 Å². The third-order valence-corrected chi connectivity index (χ3v) is 2.56. The van der Waals surface area contributed by atoms with Crippen LogP contribution in [0.1, 0.15) is 25.5 Å². The zero-order valence-corrected chi connectivity index (χ0v) is 9.09. The second-order valence-electron chi connectivity index (χ2n) is 4.55. The molecule has 0 radical (unpaired) electrons. The molecule has 1 saturated heterocycles. The number of hydrogen-bond acceptors (Lipinski definition) is 2. The van der Waals surface area contributed by atoms with Crippen molar-refractivity contribution in [3.63, 3.8) is 0 Å². The molecule has 3 heteroatoms. The Morgan fingerprint density at radius 2 is 2.27 bits per heavy atom. The molecular formula is C12H16FNO. The van der Waals surface area contributed by atoms with Crippen LogP contribution < -0.4 is 5.32 Å².